The second-order valence-electron chi connectivity index (χ2n) is 3.75. The van der Waals surface area contributed by atoms with Gasteiger partial charge in [0.1, 0.15) is 11.8 Å². The summed E-state index contributed by atoms with van der Waals surface area (Å²) >= 11 is 0. The minimum absolute atomic E-state index is 0.445. The van der Waals surface area contributed by atoms with E-state index in [0.717, 1.165) is 5.69 Å². The molecule has 0 aliphatic carbocycles. The van der Waals surface area contributed by atoms with Crippen molar-refractivity contribution in [1.29, 1.82) is 5.26 Å². The fourth-order valence-corrected chi connectivity index (χ4v) is 1.15. The molecule has 1 rings (SSSR count). The van der Waals surface area contributed by atoms with Crippen LogP contribution >= 0.6 is 0 Å². The molecular weight excluding hydrogens is 186 g/mol. The number of nitrogens with zero attached hydrogens (tertiary/aromatic N) is 2. The molecule has 1 aromatic carbocycles. The minimum atomic E-state index is 0.445. The van der Waals surface area contributed by atoms with Crippen LogP contribution in [0.15, 0.2) is 35.4 Å². The van der Waals surface area contributed by atoms with Crippen LogP contribution < -0.4 is 5.43 Å². The fourth-order valence-electron chi connectivity index (χ4n) is 1.15. The average molecular weight is 201 g/mol. The van der Waals surface area contributed by atoms with E-state index >= 15 is 0 Å². The summed E-state index contributed by atoms with van der Waals surface area (Å²) in [7, 11) is 0. The molecule has 1 N–H and O–H groups in total. The maximum absolute atomic E-state index is 8.83. The highest BCUT2D eigenvalue weighted by molar-refractivity contribution is 5.98. The van der Waals surface area contributed by atoms with Gasteiger partial charge in [0.2, 0.25) is 0 Å². The Morgan fingerprint density at radius 3 is 2.60 bits per heavy atom. The third-order valence-electron chi connectivity index (χ3n) is 1.82. The molecule has 0 saturated heterocycles. The summed E-state index contributed by atoms with van der Waals surface area (Å²) in [5.41, 5.74) is 4.30. The molecule has 0 heterocycles. The molecule has 0 aliphatic rings. The van der Waals surface area contributed by atoms with Crippen LogP contribution in [0.1, 0.15) is 20.3 Å². The van der Waals surface area contributed by atoms with Gasteiger partial charge in [0.25, 0.3) is 0 Å². The van der Waals surface area contributed by atoms with Crippen LogP contribution in [0.5, 0.6) is 0 Å². The minimum Gasteiger partial charge on any atom is -0.278 e. The first-order chi connectivity index (χ1) is 7.22. The molecular formula is C12H15N3. The van der Waals surface area contributed by atoms with E-state index in [2.05, 4.69) is 30.4 Å². The van der Waals surface area contributed by atoms with Crippen molar-refractivity contribution in [1.82, 2.24) is 0 Å². The highest BCUT2D eigenvalue weighted by Gasteiger charge is 2.01. The summed E-state index contributed by atoms with van der Waals surface area (Å²) in [6, 6.07) is 11.7. The summed E-state index contributed by atoms with van der Waals surface area (Å²) in [6.07, 6.45) is 0.705. The first-order valence-corrected chi connectivity index (χ1v) is 5.00. The standard InChI is InChI=1S/C12H15N3/c1-10(2)8-12(9-13)15-14-11-6-4-3-5-7-11/h3-7,10,14H,8H2,1-2H3/b15-12-. The quantitative estimate of drug-likeness (QED) is 0.601. The molecule has 0 bridgehead atoms. The van der Waals surface area contributed by atoms with Crippen molar-refractivity contribution in [2.75, 3.05) is 5.43 Å². The fraction of sp³-hybridized carbons (Fsp3) is 0.333. The van der Waals surface area contributed by atoms with Gasteiger partial charge in [0, 0.05) is 6.42 Å². The predicted molar refractivity (Wildman–Crippen MR) is 62.6 cm³/mol. The number of hydrogen-bond donors (Lipinski definition) is 1. The molecule has 0 unspecified atom stereocenters. The number of rotatable bonds is 4. The van der Waals surface area contributed by atoms with E-state index in [1.54, 1.807) is 0 Å². The van der Waals surface area contributed by atoms with Gasteiger partial charge >= 0.3 is 0 Å². The first-order valence-electron chi connectivity index (χ1n) is 5.00. The Bertz CT molecular complexity index is 360. The van der Waals surface area contributed by atoms with Crippen LogP contribution in [0, 0.1) is 17.2 Å². The smallest absolute Gasteiger partial charge is 0.138 e. The number of hydrazone groups is 1. The van der Waals surface area contributed by atoms with Gasteiger partial charge in [0.05, 0.1) is 5.69 Å². The summed E-state index contributed by atoms with van der Waals surface area (Å²) in [4.78, 5) is 0. The Morgan fingerprint density at radius 1 is 1.40 bits per heavy atom. The maximum Gasteiger partial charge on any atom is 0.138 e. The monoisotopic (exact) mass is 201 g/mol. The zero-order chi connectivity index (χ0) is 11.1. The van der Waals surface area contributed by atoms with Crippen LogP contribution in [-0.2, 0) is 0 Å². The number of nitriles is 1. The molecule has 15 heavy (non-hydrogen) atoms. The first kappa shape index (κ1) is 11.3. The molecule has 3 nitrogen and oxygen atoms in total. The second-order valence-corrected chi connectivity index (χ2v) is 3.75. The molecule has 0 aliphatic heterocycles. The van der Waals surface area contributed by atoms with E-state index in [1.165, 1.54) is 0 Å². The molecule has 0 spiro atoms. The molecule has 0 aromatic heterocycles. The number of hydrogen-bond acceptors (Lipinski definition) is 3. The van der Waals surface area contributed by atoms with Gasteiger partial charge in [-0.2, -0.15) is 10.4 Å². The van der Waals surface area contributed by atoms with E-state index in [4.69, 9.17) is 5.26 Å². The van der Waals surface area contributed by atoms with Crippen molar-refractivity contribution in [2.45, 2.75) is 20.3 Å². The molecule has 78 valence electrons. The molecule has 1 aromatic rings. The van der Waals surface area contributed by atoms with Crippen molar-refractivity contribution >= 4 is 11.4 Å². The van der Waals surface area contributed by atoms with Gasteiger partial charge in [-0.05, 0) is 18.1 Å². The lowest BCUT2D eigenvalue weighted by molar-refractivity contribution is 0.685. The lowest BCUT2D eigenvalue weighted by atomic mass is 10.1. The van der Waals surface area contributed by atoms with Gasteiger partial charge in [0.15, 0.2) is 0 Å². The number of nitrogens with one attached hydrogen (secondary N) is 1. The zero-order valence-electron chi connectivity index (χ0n) is 9.07. The highest BCUT2D eigenvalue weighted by Crippen LogP contribution is 2.06. The molecule has 3 heteroatoms. The van der Waals surface area contributed by atoms with Crippen LogP contribution in [0.4, 0.5) is 5.69 Å². The topological polar surface area (TPSA) is 48.2 Å². The zero-order valence-corrected chi connectivity index (χ0v) is 9.07. The van der Waals surface area contributed by atoms with Crippen LogP contribution in [0.2, 0.25) is 0 Å². The SMILES string of the molecule is CC(C)C/C(C#N)=N/Nc1ccccc1. The molecule has 0 amide bonds. The molecule has 0 radical (unpaired) electrons. The summed E-state index contributed by atoms with van der Waals surface area (Å²) in [6.45, 7) is 4.13. The van der Waals surface area contributed by atoms with Crippen LogP contribution in [0.25, 0.3) is 0 Å². The Morgan fingerprint density at radius 2 is 2.07 bits per heavy atom. The van der Waals surface area contributed by atoms with Crippen LogP contribution in [0.3, 0.4) is 0 Å². The van der Waals surface area contributed by atoms with Gasteiger partial charge in [-0.15, -0.1) is 0 Å². The van der Waals surface area contributed by atoms with Crippen molar-refractivity contribution < 1.29 is 0 Å². The Balaban J connectivity index is 2.60. The van der Waals surface area contributed by atoms with Crippen molar-refractivity contribution in [3.8, 4) is 6.07 Å². The second kappa shape index (κ2) is 5.82. The third kappa shape index (κ3) is 4.28. The molecule has 0 atom stereocenters. The third-order valence-corrected chi connectivity index (χ3v) is 1.82. The van der Waals surface area contributed by atoms with Gasteiger partial charge in [-0.1, -0.05) is 32.0 Å². The van der Waals surface area contributed by atoms with Gasteiger partial charge in [-0.3, -0.25) is 5.43 Å². The number of anilines is 1. The lowest BCUT2D eigenvalue weighted by Gasteiger charge is -2.03. The summed E-state index contributed by atoms with van der Waals surface area (Å²) in [5.74, 6) is 0.445. The van der Waals surface area contributed by atoms with Crippen molar-refractivity contribution in [3.05, 3.63) is 30.3 Å². The van der Waals surface area contributed by atoms with Gasteiger partial charge in [-0.25, -0.2) is 0 Å². The summed E-state index contributed by atoms with van der Waals surface area (Å²) in [5, 5.41) is 12.9. The number of benzene rings is 1. The van der Waals surface area contributed by atoms with E-state index in [9.17, 15) is 0 Å². The summed E-state index contributed by atoms with van der Waals surface area (Å²) < 4.78 is 0. The largest absolute Gasteiger partial charge is 0.278 e. The maximum atomic E-state index is 8.83. The molecule has 0 saturated carbocycles. The Hall–Kier alpha value is -1.82. The van der Waals surface area contributed by atoms with E-state index in [-0.39, 0.29) is 0 Å². The molecule has 0 fully saturated rings. The van der Waals surface area contributed by atoms with Crippen molar-refractivity contribution in [2.24, 2.45) is 11.0 Å². The van der Waals surface area contributed by atoms with E-state index < -0.39 is 0 Å². The van der Waals surface area contributed by atoms with E-state index in [1.807, 2.05) is 30.3 Å². The normalized spacial score (nSPS) is 11.2. The lowest BCUT2D eigenvalue weighted by Crippen LogP contribution is -2.03. The predicted octanol–water partition coefficient (Wildman–Crippen LogP) is 3.02. The van der Waals surface area contributed by atoms with Crippen molar-refractivity contribution in [3.63, 3.8) is 0 Å². The van der Waals surface area contributed by atoms with Crippen LogP contribution in [-0.4, -0.2) is 5.71 Å². The van der Waals surface area contributed by atoms with E-state index in [0.29, 0.717) is 18.1 Å². The highest BCUT2D eigenvalue weighted by atomic mass is 15.3. The number of para-hydroxylation sites is 1. The average Bonchev–Trinajstić information content (AvgIpc) is 2.25. The van der Waals surface area contributed by atoms with Gasteiger partial charge < -0.3 is 0 Å². The Labute approximate surface area is 90.4 Å². The Kier molecular flexibility index (Phi) is 4.36.